The molecule has 0 radical (unpaired) electrons. The number of hydrogen-bond donors (Lipinski definition) is 1. The van der Waals surface area contributed by atoms with Crippen molar-refractivity contribution in [2.75, 3.05) is 0 Å². The summed E-state index contributed by atoms with van der Waals surface area (Å²) in [7, 11) is 0. The van der Waals surface area contributed by atoms with Gasteiger partial charge in [-0.2, -0.15) is 0 Å². The van der Waals surface area contributed by atoms with E-state index in [4.69, 9.17) is 16.0 Å². The Labute approximate surface area is 69.8 Å². The molecular formula is C8H9ClO2. The second-order valence-corrected chi connectivity index (χ2v) is 3.28. The van der Waals surface area contributed by atoms with Crippen LogP contribution in [0.5, 0.6) is 0 Å². The Hall–Kier alpha value is -0.470. The summed E-state index contributed by atoms with van der Waals surface area (Å²) in [5.74, 6) is 0.407. The highest BCUT2D eigenvalue weighted by Crippen LogP contribution is 2.42. The van der Waals surface area contributed by atoms with Gasteiger partial charge in [0, 0.05) is 5.56 Å². The molecule has 1 saturated carbocycles. The standard InChI is InChI=1S/C8H9ClO2/c9-8-6(3-4-11-8)7(10)5-1-2-5/h3-5,7,10H,1-2H2. The smallest absolute Gasteiger partial charge is 0.198 e. The Morgan fingerprint density at radius 2 is 2.36 bits per heavy atom. The first-order valence-electron chi connectivity index (χ1n) is 3.70. The van der Waals surface area contributed by atoms with Crippen LogP contribution in [0.2, 0.25) is 5.22 Å². The quantitative estimate of drug-likeness (QED) is 0.743. The second kappa shape index (κ2) is 2.54. The summed E-state index contributed by atoms with van der Waals surface area (Å²) in [6.45, 7) is 0. The SMILES string of the molecule is OC(c1ccoc1Cl)C1CC1. The molecule has 0 bridgehead atoms. The van der Waals surface area contributed by atoms with Crippen LogP contribution >= 0.6 is 11.6 Å². The zero-order valence-electron chi connectivity index (χ0n) is 5.96. The normalized spacial score (nSPS) is 20.2. The van der Waals surface area contributed by atoms with Gasteiger partial charge < -0.3 is 9.52 Å². The molecule has 0 amide bonds. The molecule has 60 valence electrons. The van der Waals surface area contributed by atoms with Crippen molar-refractivity contribution < 1.29 is 9.52 Å². The highest BCUT2D eigenvalue weighted by Gasteiger charge is 2.32. The molecule has 1 fully saturated rings. The van der Waals surface area contributed by atoms with Gasteiger partial charge in [-0.3, -0.25) is 0 Å². The van der Waals surface area contributed by atoms with E-state index in [1.54, 1.807) is 6.07 Å². The lowest BCUT2D eigenvalue weighted by Gasteiger charge is -2.05. The largest absolute Gasteiger partial charge is 0.453 e. The zero-order chi connectivity index (χ0) is 7.84. The minimum atomic E-state index is -0.416. The van der Waals surface area contributed by atoms with Crippen molar-refractivity contribution in [3.05, 3.63) is 23.1 Å². The molecule has 2 nitrogen and oxygen atoms in total. The summed E-state index contributed by atoms with van der Waals surface area (Å²) in [4.78, 5) is 0. The Bertz CT molecular complexity index is 252. The third kappa shape index (κ3) is 1.28. The van der Waals surface area contributed by atoms with Gasteiger partial charge in [0.1, 0.15) is 0 Å². The van der Waals surface area contributed by atoms with Crippen LogP contribution in [0.15, 0.2) is 16.7 Å². The van der Waals surface area contributed by atoms with E-state index >= 15 is 0 Å². The molecule has 1 aromatic heterocycles. The van der Waals surface area contributed by atoms with Gasteiger partial charge in [0.05, 0.1) is 12.4 Å². The van der Waals surface area contributed by atoms with E-state index in [-0.39, 0.29) is 0 Å². The summed E-state index contributed by atoms with van der Waals surface area (Å²) in [6.07, 6.45) is 3.29. The predicted octanol–water partition coefficient (Wildman–Crippen LogP) is 2.38. The Kier molecular flexibility index (Phi) is 1.66. The average molecular weight is 173 g/mol. The first-order valence-corrected chi connectivity index (χ1v) is 4.08. The molecule has 2 rings (SSSR count). The van der Waals surface area contributed by atoms with Crippen LogP contribution in [0, 0.1) is 5.92 Å². The van der Waals surface area contributed by atoms with Crippen molar-refractivity contribution in [2.24, 2.45) is 5.92 Å². The van der Waals surface area contributed by atoms with Crippen LogP contribution < -0.4 is 0 Å². The molecule has 3 heteroatoms. The van der Waals surface area contributed by atoms with E-state index in [0.717, 1.165) is 18.4 Å². The fourth-order valence-electron chi connectivity index (χ4n) is 1.18. The van der Waals surface area contributed by atoms with Crippen molar-refractivity contribution in [3.63, 3.8) is 0 Å². The third-order valence-electron chi connectivity index (χ3n) is 2.03. The van der Waals surface area contributed by atoms with Gasteiger partial charge in [0.25, 0.3) is 0 Å². The van der Waals surface area contributed by atoms with Crippen molar-refractivity contribution in [1.29, 1.82) is 0 Å². The van der Waals surface area contributed by atoms with Crippen molar-refractivity contribution in [3.8, 4) is 0 Å². The van der Waals surface area contributed by atoms with Crippen LogP contribution in [-0.2, 0) is 0 Å². The summed E-state index contributed by atoms with van der Waals surface area (Å²) in [6, 6.07) is 1.73. The Morgan fingerprint density at radius 1 is 1.64 bits per heavy atom. The molecule has 0 aromatic carbocycles. The van der Waals surface area contributed by atoms with Gasteiger partial charge in [-0.1, -0.05) is 0 Å². The molecule has 0 spiro atoms. The lowest BCUT2D eigenvalue weighted by atomic mass is 10.1. The minimum absolute atomic E-state index is 0.324. The van der Waals surface area contributed by atoms with E-state index in [9.17, 15) is 5.11 Å². The second-order valence-electron chi connectivity index (χ2n) is 2.93. The van der Waals surface area contributed by atoms with Crippen LogP contribution in [0.4, 0.5) is 0 Å². The molecule has 1 heterocycles. The molecule has 0 saturated heterocycles. The number of halogens is 1. The van der Waals surface area contributed by atoms with E-state index in [1.165, 1.54) is 6.26 Å². The predicted molar refractivity (Wildman–Crippen MR) is 41.4 cm³/mol. The Morgan fingerprint density at radius 3 is 2.82 bits per heavy atom. The van der Waals surface area contributed by atoms with Gasteiger partial charge in [0.15, 0.2) is 5.22 Å². The molecule has 1 unspecified atom stereocenters. The zero-order valence-corrected chi connectivity index (χ0v) is 6.71. The average Bonchev–Trinajstić information content (AvgIpc) is 2.74. The van der Waals surface area contributed by atoms with Gasteiger partial charge in [-0.25, -0.2) is 0 Å². The molecule has 1 atom stereocenters. The highest BCUT2D eigenvalue weighted by atomic mass is 35.5. The van der Waals surface area contributed by atoms with E-state index in [1.807, 2.05) is 0 Å². The van der Waals surface area contributed by atoms with Gasteiger partial charge in [-0.15, -0.1) is 0 Å². The monoisotopic (exact) mass is 172 g/mol. The lowest BCUT2D eigenvalue weighted by molar-refractivity contribution is 0.153. The van der Waals surface area contributed by atoms with E-state index in [2.05, 4.69) is 0 Å². The number of aliphatic hydroxyl groups excluding tert-OH is 1. The van der Waals surface area contributed by atoms with Crippen LogP contribution in [0.1, 0.15) is 24.5 Å². The molecule has 1 aliphatic carbocycles. The highest BCUT2D eigenvalue weighted by molar-refractivity contribution is 6.29. The van der Waals surface area contributed by atoms with Gasteiger partial charge in [-0.05, 0) is 36.4 Å². The molecule has 1 aromatic rings. The minimum Gasteiger partial charge on any atom is -0.453 e. The molecule has 1 N–H and O–H groups in total. The number of furan rings is 1. The fourth-order valence-corrected chi connectivity index (χ4v) is 1.41. The number of hydrogen-bond acceptors (Lipinski definition) is 2. The van der Waals surface area contributed by atoms with Crippen LogP contribution in [-0.4, -0.2) is 5.11 Å². The first-order chi connectivity index (χ1) is 5.29. The topological polar surface area (TPSA) is 33.4 Å². The summed E-state index contributed by atoms with van der Waals surface area (Å²) >= 11 is 5.68. The maximum Gasteiger partial charge on any atom is 0.198 e. The summed E-state index contributed by atoms with van der Waals surface area (Å²) in [5.41, 5.74) is 0.731. The number of rotatable bonds is 2. The van der Waals surface area contributed by atoms with E-state index in [0.29, 0.717) is 11.1 Å². The Balaban J connectivity index is 2.20. The molecular weight excluding hydrogens is 164 g/mol. The van der Waals surface area contributed by atoms with Crippen molar-refractivity contribution in [2.45, 2.75) is 18.9 Å². The van der Waals surface area contributed by atoms with Gasteiger partial charge >= 0.3 is 0 Å². The lowest BCUT2D eigenvalue weighted by Crippen LogP contribution is -1.97. The van der Waals surface area contributed by atoms with Gasteiger partial charge in [0.2, 0.25) is 0 Å². The van der Waals surface area contributed by atoms with Crippen LogP contribution in [0.3, 0.4) is 0 Å². The first kappa shape index (κ1) is 7.19. The third-order valence-corrected chi connectivity index (χ3v) is 2.34. The fraction of sp³-hybridized carbons (Fsp3) is 0.500. The molecule has 1 aliphatic rings. The van der Waals surface area contributed by atoms with Crippen molar-refractivity contribution in [1.82, 2.24) is 0 Å². The maximum absolute atomic E-state index is 9.59. The molecule has 11 heavy (non-hydrogen) atoms. The molecule has 0 aliphatic heterocycles. The number of aliphatic hydroxyl groups is 1. The summed E-state index contributed by atoms with van der Waals surface area (Å²) in [5, 5.41) is 9.91. The van der Waals surface area contributed by atoms with Crippen molar-refractivity contribution >= 4 is 11.6 Å². The van der Waals surface area contributed by atoms with Crippen LogP contribution in [0.25, 0.3) is 0 Å². The summed E-state index contributed by atoms with van der Waals surface area (Å²) < 4.78 is 4.87. The van der Waals surface area contributed by atoms with E-state index < -0.39 is 6.10 Å². The maximum atomic E-state index is 9.59.